The highest BCUT2D eigenvalue weighted by Crippen LogP contribution is 2.21. The van der Waals surface area contributed by atoms with Crippen molar-refractivity contribution in [3.8, 4) is 0 Å². The Morgan fingerprint density at radius 2 is 2.00 bits per heavy atom. The monoisotopic (exact) mass is 270 g/mol. The van der Waals surface area contributed by atoms with Gasteiger partial charge in [-0.05, 0) is 30.9 Å². The van der Waals surface area contributed by atoms with Crippen LogP contribution < -0.4 is 5.56 Å². The number of nitrogens with zero attached hydrogens (tertiary/aromatic N) is 2. The molecule has 2 aromatic rings. The van der Waals surface area contributed by atoms with E-state index in [1.54, 1.807) is 11.6 Å². The van der Waals surface area contributed by atoms with Crippen LogP contribution in [0.3, 0.4) is 0 Å². The number of para-hydroxylation sites is 1. The molecule has 0 N–H and O–H groups in total. The van der Waals surface area contributed by atoms with Crippen molar-refractivity contribution < 1.29 is 4.79 Å². The number of aryl methyl sites for hydroxylation is 1. The van der Waals surface area contributed by atoms with Gasteiger partial charge in [0.2, 0.25) is 5.91 Å². The summed E-state index contributed by atoms with van der Waals surface area (Å²) >= 11 is 0. The van der Waals surface area contributed by atoms with Gasteiger partial charge in [0, 0.05) is 25.1 Å². The van der Waals surface area contributed by atoms with E-state index in [9.17, 15) is 9.59 Å². The van der Waals surface area contributed by atoms with E-state index in [4.69, 9.17) is 0 Å². The van der Waals surface area contributed by atoms with Crippen LogP contribution in [0.15, 0.2) is 35.1 Å². The van der Waals surface area contributed by atoms with Crippen molar-refractivity contribution in [2.75, 3.05) is 0 Å². The molecule has 1 saturated heterocycles. The summed E-state index contributed by atoms with van der Waals surface area (Å²) in [4.78, 5) is 26.1. The van der Waals surface area contributed by atoms with Crippen LogP contribution in [-0.4, -0.2) is 21.4 Å². The number of pyridine rings is 1. The number of carbonyl (C=O) groups is 1. The van der Waals surface area contributed by atoms with Crippen LogP contribution in [0.25, 0.3) is 10.9 Å². The van der Waals surface area contributed by atoms with Crippen molar-refractivity contribution in [2.24, 2.45) is 7.05 Å². The Kier molecular flexibility index (Phi) is 3.08. The molecule has 1 fully saturated rings. The molecule has 1 amide bonds. The molecule has 0 spiro atoms. The second-order valence-corrected chi connectivity index (χ2v) is 5.50. The third-order valence-electron chi connectivity index (χ3n) is 4.18. The van der Waals surface area contributed by atoms with E-state index in [-0.39, 0.29) is 17.5 Å². The van der Waals surface area contributed by atoms with Crippen LogP contribution in [-0.2, 0) is 18.4 Å². The number of likely N-dealkylation sites (tertiary alicyclic amines) is 1. The lowest BCUT2D eigenvalue weighted by Gasteiger charge is -2.21. The molecule has 1 aliphatic rings. The fourth-order valence-corrected chi connectivity index (χ4v) is 2.91. The number of benzene rings is 1. The maximum Gasteiger partial charge on any atom is 0.255 e. The van der Waals surface area contributed by atoms with Gasteiger partial charge in [-0.25, -0.2) is 0 Å². The Hall–Kier alpha value is -2.10. The van der Waals surface area contributed by atoms with Crippen molar-refractivity contribution in [1.29, 1.82) is 0 Å². The topological polar surface area (TPSA) is 42.3 Å². The summed E-state index contributed by atoms with van der Waals surface area (Å²) < 4.78 is 1.66. The molecule has 4 nitrogen and oxygen atoms in total. The molecule has 20 heavy (non-hydrogen) atoms. The first-order valence-electron chi connectivity index (χ1n) is 6.95. The number of fused-ring (bicyclic) bond motifs is 1. The minimum atomic E-state index is -0.0180. The Morgan fingerprint density at radius 3 is 2.70 bits per heavy atom. The average molecular weight is 270 g/mol. The maximum absolute atomic E-state index is 12.4. The fraction of sp³-hybridized carbons (Fsp3) is 0.375. The normalized spacial score (nSPS) is 19.0. The first-order chi connectivity index (χ1) is 9.58. The number of hydrogen-bond donors (Lipinski definition) is 0. The third-order valence-corrected chi connectivity index (χ3v) is 4.18. The molecule has 0 unspecified atom stereocenters. The molecule has 2 heterocycles. The van der Waals surface area contributed by atoms with Crippen LogP contribution in [0.4, 0.5) is 0 Å². The summed E-state index contributed by atoms with van der Waals surface area (Å²) in [6.07, 6.45) is 1.47. The molecule has 0 aliphatic carbocycles. The number of aromatic nitrogens is 1. The number of hydrogen-bond acceptors (Lipinski definition) is 2. The third kappa shape index (κ3) is 2.01. The zero-order valence-corrected chi connectivity index (χ0v) is 11.8. The van der Waals surface area contributed by atoms with Crippen LogP contribution >= 0.6 is 0 Å². The van der Waals surface area contributed by atoms with Crippen molar-refractivity contribution in [3.63, 3.8) is 0 Å². The molecule has 4 heteroatoms. The summed E-state index contributed by atoms with van der Waals surface area (Å²) in [5.41, 5.74) is 1.59. The minimum absolute atomic E-state index is 0.0180. The van der Waals surface area contributed by atoms with Gasteiger partial charge < -0.3 is 9.47 Å². The zero-order valence-electron chi connectivity index (χ0n) is 11.8. The Labute approximate surface area is 117 Å². The van der Waals surface area contributed by atoms with Gasteiger partial charge in [0.1, 0.15) is 0 Å². The molecule has 0 radical (unpaired) electrons. The van der Waals surface area contributed by atoms with Crippen LogP contribution in [0.2, 0.25) is 0 Å². The molecular formula is C16H18N2O2. The highest BCUT2D eigenvalue weighted by Gasteiger charge is 2.28. The van der Waals surface area contributed by atoms with Gasteiger partial charge in [-0.1, -0.05) is 18.2 Å². The van der Waals surface area contributed by atoms with Crippen molar-refractivity contribution in [2.45, 2.75) is 32.4 Å². The first-order valence-corrected chi connectivity index (χ1v) is 6.95. The molecule has 104 valence electrons. The van der Waals surface area contributed by atoms with E-state index >= 15 is 0 Å². The lowest BCUT2D eigenvalue weighted by atomic mass is 10.1. The van der Waals surface area contributed by atoms with E-state index in [0.29, 0.717) is 18.5 Å². The highest BCUT2D eigenvalue weighted by atomic mass is 16.2. The van der Waals surface area contributed by atoms with Crippen molar-refractivity contribution in [3.05, 3.63) is 46.2 Å². The lowest BCUT2D eigenvalue weighted by Crippen LogP contribution is -2.34. The molecule has 3 rings (SSSR count). The molecule has 1 aromatic carbocycles. The minimum Gasteiger partial charge on any atom is -0.335 e. The van der Waals surface area contributed by atoms with Gasteiger partial charge in [0.25, 0.3) is 5.56 Å². The summed E-state index contributed by atoms with van der Waals surface area (Å²) in [7, 11) is 1.78. The predicted octanol–water partition coefficient (Wildman–Crippen LogP) is 2.05. The lowest BCUT2D eigenvalue weighted by molar-refractivity contribution is -0.129. The second-order valence-electron chi connectivity index (χ2n) is 5.50. The first kappa shape index (κ1) is 12.9. The number of carbonyl (C=O) groups excluding carboxylic acids is 1. The molecule has 1 aliphatic heterocycles. The number of amides is 1. The van der Waals surface area contributed by atoms with Crippen molar-refractivity contribution in [1.82, 2.24) is 9.47 Å². The maximum atomic E-state index is 12.4. The summed E-state index contributed by atoms with van der Waals surface area (Å²) in [6, 6.07) is 9.94. The summed E-state index contributed by atoms with van der Waals surface area (Å²) in [5.74, 6) is 0.146. The largest absolute Gasteiger partial charge is 0.335 e. The van der Waals surface area contributed by atoms with Gasteiger partial charge >= 0.3 is 0 Å². The standard InChI is InChI=1S/C16H18N2O2/c1-11-7-8-15(19)18(11)10-13-9-12-5-3-4-6-14(12)17(2)16(13)20/h3-6,9,11H,7-8,10H2,1-2H3/t11-/m1/s1. The molecule has 1 atom stereocenters. The quantitative estimate of drug-likeness (QED) is 0.838. The van der Waals surface area contributed by atoms with E-state index in [2.05, 4.69) is 0 Å². The number of rotatable bonds is 2. The SMILES string of the molecule is C[C@@H]1CCC(=O)N1Cc1cc2ccccc2n(C)c1=O. The van der Waals surface area contributed by atoms with Gasteiger partial charge in [0.15, 0.2) is 0 Å². The molecule has 0 saturated carbocycles. The van der Waals surface area contributed by atoms with Gasteiger partial charge in [0.05, 0.1) is 12.1 Å². The molecule has 0 bridgehead atoms. The average Bonchev–Trinajstić information content (AvgIpc) is 2.76. The Balaban J connectivity index is 2.06. The molecule has 1 aromatic heterocycles. The Morgan fingerprint density at radius 1 is 1.25 bits per heavy atom. The zero-order chi connectivity index (χ0) is 14.3. The van der Waals surface area contributed by atoms with Gasteiger partial charge in [-0.3, -0.25) is 9.59 Å². The van der Waals surface area contributed by atoms with Gasteiger partial charge in [-0.15, -0.1) is 0 Å². The van der Waals surface area contributed by atoms with Crippen LogP contribution in [0, 0.1) is 0 Å². The highest BCUT2D eigenvalue weighted by molar-refractivity contribution is 5.80. The molecular weight excluding hydrogens is 252 g/mol. The van der Waals surface area contributed by atoms with E-state index < -0.39 is 0 Å². The second kappa shape index (κ2) is 4.78. The fourth-order valence-electron chi connectivity index (χ4n) is 2.91. The summed E-state index contributed by atoms with van der Waals surface area (Å²) in [5, 5.41) is 1.03. The van der Waals surface area contributed by atoms with Crippen LogP contribution in [0.5, 0.6) is 0 Å². The van der Waals surface area contributed by atoms with E-state index in [1.165, 1.54) is 0 Å². The van der Waals surface area contributed by atoms with Gasteiger partial charge in [-0.2, -0.15) is 0 Å². The van der Waals surface area contributed by atoms with E-state index in [1.807, 2.05) is 42.2 Å². The predicted molar refractivity (Wildman–Crippen MR) is 78.4 cm³/mol. The summed E-state index contributed by atoms with van der Waals surface area (Å²) in [6.45, 7) is 2.45. The van der Waals surface area contributed by atoms with Crippen molar-refractivity contribution >= 4 is 16.8 Å². The van der Waals surface area contributed by atoms with E-state index in [0.717, 1.165) is 17.3 Å². The smallest absolute Gasteiger partial charge is 0.255 e. The van der Waals surface area contributed by atoms with Crippen LogP contribution in [0.1, 0.15) is 25.3 Å². The Bertz CT molecular complexity index is 733.